The Labute approximate surface area is 170 Å². The van der Waals surface area contributed by atoms with Crippen molar-refractivity contribution in [1.29, 1.82) is 0 Å². The maximum Gasteiger partial charge on any atom is 0.274 e. The van der Waals surface area contributed by atoms with E-state index in [1.165, 1.54) is 0 Å². The van der Waals surface area contributed by atoms with E-state index in [4.69, 9.17) is 16.3 Å². The second-order valence-corrected chi connectivity index (χ2v) is 7.24. The van der Waals surface area contributed by atoms with Crippen LogP contribution < -0.4 is 4.74 Å². The first-order valence-electron chi connectivity index (χ1n) is 8.35. The van der Waals surface area contributed by atoms with Gasteiger partial charge in [-0.2, -0.15) is 10.2 Å². The van der Waals surface area contributed by atoms with Crippen LogP contribution in [0.2, 0.25) is 5.02 Å². The van der Waals surface area contributed by atoms with E-state index in [-0.39, 0.29) is 12.6 Å². The summed E-state index contributed by atoms with van der Waals surface area (Å²) in [6.07, 6.45) is 3.59. The van der Waals surface area contributed by atoms with Gasteiger partial charge in [0.05, 0.1) is 17.3 Å². The van der Waals surface area contributed by atoms with Crippen molar-refractivity contribution in [3.63, 3.8) is 0 Å². The fourth-order valence-electron chi connectivity index (χ4n) is 2.45. The number of aryl methyl sites for hydroxylation is 1. The Bertz CT molecular complexity index is 939. The van der Waals surface area contributed by atoms with Crippen LogP contribution in [0.3, 0.4) is 0 Å². The van der Waals surface area contributed by atoms with Crippen molar-refractivity contribution in [2.45, 2.75) is 26.7 Å². The quantitative estimate of drug-likeness (QED) is 0.546. The molecule has 0 aliphatic carbocycles. The third kappa shape index (κ3) is 4.90. The number of rotatable bonds is 7. The van der Waals surface area contributed by atoms with Gasteiger partial charge in [0.15, 0.2) is 12.4 Å². The summed E-state index contributed by atoms with van der Waals surface area (Å²) >= 11 is 9.48. The molecular formula is C18H19BrClN5O2. The molecule has 0 saturated carbocycles. The average molecular weight is 453 g/mol. The first kappa shape index (κ1) is 19.4. The van der Waals surface area contributed by atoms with Gasteiger partial charge >= 0.3 is 0 Å². The lowest BCUT2D eigenvalue weighted by Crippen LogP contribution is -2.27. The van der Waals surface area contributed by atoms with Crippen LogP contribution in [0.5, 0.6) is 5.75 Å². The number of benzene rings is 1. The van der Waals surface area contributed by atoms with Gasteiger partial charge in [-0.05, 0) is 37.3 Å². The van der Waals surface area contributed by atoms with Gasteiger partial charge in [-0.3, -0.25) is 9.48 Å². The number of aromatic nitrogens is 4. The van der Waals surface area contributed by atoms with E-state index in [9.17, 15) is 4.79 Å². The predicted molar refractivity (Wildman–Crippen MR) is 106 cm³/mol. The third-order valence-corrected chi connectivity index (χ3v) is 4.66. The Morgan fingerprint density at radius 1 is 1.22 bits per heavy atom. The maximum atomic E-state index is 12.6. The van der Waals surface area contributed by atoms with Gasteiger partial charge < -0.3 is 9.64 Å². The molecule has 2 aromatic heterocycles. The largest absolute Gasteiger partial charge is 0.470 e. The molecule has 1 amide bonds. The molecule has 0 atom stereocenters. The lowest BCUT2D eigenvalue weighted by atomic mass is 10.3. The number of amides is 1. The molecule has 27 heavy (non-hydrogen) atoms. The number of carbonyl (C=O) groups is 1. The molecule has 7 nitrogen and oxygen atoms in total. The normalized spacial score (nSPS) is 10.8. The van der Waals surface area contributed by atoms with Gasteiger partial charge in [0, 0.05) is 30.5 Å². The Hall–Kier alpha value is -2.32. The van der Waals surface area contributed by atoms with Gasteiger partial charge in [0.2, 0.25) is 0 Å². The number of carbonyl (C=O) groups excluding carboxylic acids is 1. The minimum absolute atomic E-state index is 0.152. The maximum absolute atomic E-state index is 12.6. The minimum Gasteiger partial charge on any atom is -0.470 e. The molecule has 3 rings (SSSR count). The fourth-order valence-corrected chi connectivity index (χ4v) is 3.18. The molecule has 0 unspecified atom stereocenters. The fraction of sp³-hybridized carbons (Fsp3) is 0.278. The monoisotopic (exact) mass is 451 g/mol. The van der Waals surface area contributed by atoms with Crippen LogP contribution in [0.25, 0.3) is 0 Å². The molecule has 0 fully saturated rings. The summed E-state index contributed by atoms with van der Waals surface area (Å²) in [5, 5.41) is 9.17. The van der Waals surface area contributed by atoms with Gasteiger partial charge in [-0.25, -0.2) is 4.68 Å². The number of nitrogens with zero attached hydrogens (tertiary/aromatic N) is 5. The van der Waals surface area contributed by atoms with Gasteiger partial charge in [-0.1, -0.05) is 27.5 Å². The number of halogens is 2. The van der Waals surface area contributed by atoms with E-state index >= 15 is 0 Å². The molecule has 142 valence electrons. The summed E-state index contributed by atoms with van der Waals surface area (Å²) in [6, 6.07) is 8.93. The van der Waals surface area contributed by atoms with E-state index in [2.05, 4.69) is 26.1 Å². The summed E-state index contributed by atoms with van der Waals surface area (Å²) in [6.45, 7) is 3.38. The van der Waals surface area contributed by atoms with Crippen LogP contribution >= 0.6 is 27.5 Å². The molecule has 0 saturated heterocycles. The summed E-state index contributed by atoms with van der Waals surface area (Å²) in [5.74, 6) is 0.369. The van der Waals surface area contributed by atoms with Crippen LogP contribution in [0, 0.1) is 0 Å². The highest BCUT2D eigenvalue weighted by atomic mass is 79.9. The van der Waals surface area contributed by atoms with Crippen molar-refractivity contribution < 1.29 is 9.53 Å². The summed E-state index contributed by atoms with van der Waals surface area (Å²) < 4.78 is 9.90. The Kier molecular flexibility index (Phi) is 6.18. The topological polar surface area (TPSA) is 65.2 Å². The molecule has 9 heteroatoms. The van der Waals surface area contributed by atoms with Crippen LogP contribution in [0.1, 0.15) is 23.1 Å². The zero-order chi connectivity index (χ0) is 19.4. The smallest absolute Gasteiger partial charge is 0.274 e. The molecule has 0 aliphatic heterocycles. The number of hydrogen-bond acceptors (Lipinski definition) is 4. The SMILES string of the molecule is CCn1ccc(CN(C)C(=O)c2ccn(COc3ccc(Br)cc3Cl)n2)n1. The second-order valence-electron chi connectivity index (χ2n) is 5.91. The first-order valence-corrected chi connectivity index (χ1v) is 9.52. The van der Waals surface area contributed by atoms with Crippen LogP contribution in [0.15, 0.2) is 47.2 Å². The summed E-state index contributed by atoms with van der Waals surface area (Å²) in [5.41, 5.74) is 1.18. The number of hydrogen-bond donors (Lipinski definition) is 0. The Balaban J connectivity index is 1.59. The van der Waals surface area contributed by atoms with Crippen LogP contribution in [-0.2, 0) is 19.8 Å². The lowest BCUT2D eigenvalue weighted by Gasteiger charge is -2.14. The lowest BCUT2D eigenvalue weighted by molar-refractivity contribution is 0.0775. The predicted octanol–water partition coefficient (Wildman–Crippen LogP) is 3.82. The van der Waals surface area contributed by atoms with Crippen molar-refractivity contribution in [2.24, 2.45) is 0 Å². The highest BCUT2D eigenvalue weighted by molar-refractivity contribution is 9.10. The molecule has 2 heterocycles. The zero-order valence-electron chi connectivity index (χ0n) is 15.0. The second kappa shape index (κ2) is 8.58. The third-order valence-electron chi connectivity index (χ3n) is 3.87. The molecule has 0 spiro atoms. The van der Waals surface area contributed by atoms with Crippen molar-refractivity contribution in [3.05, 3.63) is 63.6 Å². The molecule has 3 aromatic rings. The Morgan fingerprint density at radius 3 is 2.70 bits per heavy atom. The minimum atomic E-state index is -0.179. The van der Waals surface area contributed by atoms with E-state index < -0.39 is 0 Å². The van der Waals surface area contributed by atoms with Crippen molar-refractivity contribution >= 4 is 33.4 Å². The van der Waals surface area contributed by atoms with Crippen molar-refractivity contribution in [3.8, 4) is 5.75 Å². The highest BCUT2D eigenvalue weighted by Gasteiger charge is 2.16. The molecule has 0 bridgehead atoms. The van der Waals surface area contributed by atoms with E-state index in [1.807, 2.05) is 29.9 Å². The van der Waals surface area contributed by atoms with Crippen LogP contribution in [0.4, 0.5) is 0 Å². The molecule has 0 aliphatic rings. The molecule has 1 aromatic carbocycles. The van der Waals surface area contributed by atoms with Crippen molar-refractivity contribution in [1.82, 2.24) is 24.5 Å². The summed E-state index contributed by atoms with van der Waals surface area (Å²) in [7, 11) is 1.73. The van der Waals surface area contributed by atoms with E-state index in [1.54, 1.807) is 41.0 Å². The molecule has 0 radical (unpaired) electrons. The van der Waals surface area contributed by atoms with Crippen LogP contribution in [-0.4, -0.2) is 37.4 Å². The summed E-state index contributed by atoms with van der Waals surface area (Å²) in [4.78, 5) is 14.1. The van der Waals surface area contributed by atoms with Gasteiger partial charge in [0.1, 0.15) is 5.75 Å². The molecular weight excluding hydrogens is 434 g/mol. The van der Waals surface area contributed by atoms with E-state index in [0.29, 0.717) is 23.0 Å². The average Bonchev–Trinajstić information content (AvgIpc) is 3.29. The van der Waals surface area contributed by atoms with Gasteiger partial charge in [0.25, 0.3) is 5.91 Å². The van der Waals surface area contributed by atoms with E-state index in [0.717, 1.165) is 16.7 Å². The first-order chi connectivity index (χ1) is 13.0. The standard InChI is InChI=1S/C18H19BrClN5O2/c1-3-24-8-6-14(21-24)11-23(2)18(26)16-7-9-25(22-16)12-27-17-5-4-13(19)10-15(17)20/h4-10H,3,11-12H2,1-2H3. The molecule has 0 N–H and O–H groups in total. The highest BCUT2D eigenvalue weighted by Crippen LogP contribution is 2.27. The number of ether oxygens (including phenoxy) is 1. The zero-order valence-corrected chi connectivity index (χ0v) is 17.3. The van der Waals surface area contributed by atoms with Crippen molar-refractivity contribution in [2.75, 3.05) is 7.05 Å². The van der Waals surface area contributed by atoms with Gasteiger partial charge in [-0.15, -0.1) is 0 Å². The Morgan fingerprint density at radius 2 is 2.00 bits per heavy atom.